The lowest BCUT2D eigenvalue weighted by molar-refractivity contribution is -0.150. The molecule has 1 aliphatic rings. The summed E-state index contributed by atoms with van der Waals surface area (Å²) < 4.78 is 0. The lowest BCUT2D eigenvalue weighted by atomic mass is 9.97. The molecular weight excluding hydrogens is 334 g/mol. The van der Waals surface area contributed by atoms with E-state index in [1.807, 2.05) is 23.8 Å². The Morgan fingerprint density at radius 2 is 2.22 bits per heavy atom. The molecule has 23 heavy (non-hydrogen) atoms. The number of thiophene rings is 1. The topological polar surface area (TPSA) is 77.8 Å². The van der Waals surface area contributed by atoms with Gasteiger partial charge in [-0.2, -0.15) is 24.0 Å². The average Bonchev–Trinajstić information content (AvgIpc) is 3.08. The van der Waals surface area contributed by atoms with Gasteiger partial charge in [0.15, 0.2) is 5.76 Å². The van der Waals surface area contributed by atoms with Crippen LogP contribution in [0.3, 0.4) is 0 Å². The molecule has 0 saturated heterocycles. The van der Waals surface area contributed by atoms with E-state index in [1.54, 1.807) is 6.92 Å². The summed E-state index contributed by atoms with van der Waals surface area (Å²) >= 11 is 5.84. The molecular formula is C16H21NO4S2. The Kier molecular flexibility index (Phi) is 5.75. The van der Waals surface area contributed by atoms with Gasteiger partial charge in [0.25, 0.3) is 5.91 Å². The Morgan fingerprint density at radius 3 is 2.70 bits per heavy atom. The van der Waals surface area contributed by atoms with Gasteiger partial charge in [-0.1, -0.05) is 19.8 Å². The van der Waals surface area contributed by atoms with E-state index in [4.69, 9.17) is 0 Å². The lowest BCUT2D eigenvalue weighted by Gasteiger charge is -2.32. The number of hydrogen-bond acceptors (Lipinski definition) is 5. The van der Waals surface area contributed by atoms with E-state index in [-0.39, 0.29) is 11.0 Å². The second-order valence-electron chi connectivity index (χ2n) is 5.65. The van der Waals surface area contributed by atoms with Crippen LogP contribution >= 0.6 is 24.0 Å². The number of thiol groups is 1. The SMILES string of the molecule is CCCCC(C(=O)O)N1C(=O)C(O)=C(C(C)S)C1c1ccsc1. The summed E-state index contributed by atoms with van der Waals surface area (Å²) in [5.41, 5.74) is 1.28. The van der Waals surface area contributed by atoms with E-state index in [0.29, 0.717) is 18.4 Å². The number of carbonyl (C=O) groups excluding carboxylic acids is 1. The summed E-state index contributed by atoms with van der Waals surface area (Å²) in [6.07, 6.45) is 1.90. The van der Waals surface area contributed by atoms with Crippen molar-refractivity contribution in [2.45, 2.75) is 50.4 Å². The fourth-order valence-electron chi connectivity index (χ4n) is 2.94. The van der Waals surface area contributed by atoms with E-state index < -0.39 is 24.0 Å². The van der Waals surface area contributed by atoms with Gasteiger partial charge < -0.3 is 15.1 Å². The molecule has 2 heterocycles. The van der Waals surface area contributed by atoms with E-state index in [9.17, 15) is 19.8 Å². The zero-order chi connectivity index (χ0) is 17.1. The number of hydrogen-bond donors (Lipinski definition) is 3. The third-order valence-electron chi connectivity index (χ3n) is 4.04. The van der Waals surface area contributed by atoms with Crippen molar-refractivity contribution in [2.75, 3.05) is 0 Å². The van der Waals surface area contributed by atoms with Crippen molar-refractivity contribution >= 4 is 35.8 Å². The minimum atomic E-state index is -1.05. The minimum Gasteiger partial charge on any atom is -0.503 e. The van der Waals surface area contributed by atoms with Crippen LogP contribution < -0.4 is 0 Å². The fraction of sp³-hybridized carbons (Fsp3) is 0.500. The molecule has 1 amide bonds. The summed E-state index contributed by atoms with van der Waals surface area (Å²) in [7, 11) is 0. The number of carbonyl (C=O) groups is 2. The highest BCUT2D eigenvalue weighted by atomic mass is 32.1. The predicted molar refractivity (Wildman–Crippen MR) is 93.0 cm³/mol. The van der Waals surface area contributed by atoms with Crippen LogP contribution in [0.2, 0.25) is 0 Å². The molecule has 0 spiro atoms. The summed E-state index contributed by atoms with van der Waals surface area (Å²) in [6.45, 7) is 3.74. The van der Waals surface area contributed by atoms with Gasteiger partial charge in [0.05, 0.1) is 6.04 Å². The smallest absolute Gasteiger partial charge is 0.326 e. The largest absolute Gasteiger partial charge is 0.503 e. The predicted octanol–water partition coefficient (Wildman–Crippen LogP) is 3.41. The Morgan fingerprint density at radius 1 is 1.52 bits per heavy atom. The van der Waals surface area contributed by atoms with Gasteiger partial charge in [-0.25, -0.2) is 4.79 Å². The van der Waals surface area contributed by atoms with Gasteiger partial charge in [0.1, 0.15) is 6.04 Å². The normalized spacial score (nSPS) is 20.9. The molecule has 1 aliphatic heterocycles. The number of unbranched alkanes of at least 4 members (excludes halogenated alkanes) is 1. The molecule has 3 atom stereocenters. The highest BCUT2D eigenvalue weighted by Crippen LogP contribution is 2.42. The van der Waals surface area contributed by atoms with Gasteiger partial charge in [-0.15, -0.1) is 0 Å². The first-order chi connectivity index (χ1) is 10.9. The van der Waals surface area contributed by atoms with Crippen LogP contribution in [-0.4, -0.2) is 38.3 Å². The average molecular weight is 355 g/mol. The summed E-state index contributed by atoms with van der Waals surface area (Å²) in [5.74, 6) is -2.04. The Bertz CT molecular complexity index is 610. The molecule has 126 valence electrons. The standard InChI is InChI=1S/C16H21NO4S2/c1-3-4-5-11(16(20)21)17-13(10-6-7-23-8-10)12(9(2)22)14(18)15(17)19/h6-9,11,13,18,22H,3-5H2,1-2H3,(H,20,21). The molecule has 0 fully saturated rings. The second kappa shape index (κ2) is 7.40. The maximum atomic E-state index is 12.6. The Balaban J connectivity index is 2.48. The zero-order valence-corrected chi connectivity index (χ0v) is 14.8. The van der Waals surface area contributed by atoms with Crippen molar-refractivity contribution in [3.05, 3.63) is 33.7 Å². The number of aliphatic hydroxyl groups excluding tert-OH is 1. The molecule has 0 aliphatic carbocycles. The summed E-state index contributed by atoms with van der Waals surface area (Å²) in [4.78, 5) is 25.6. The molecule has 0 saturated carbocycles. The molecule has 0 radical (unpaired) electrons. The molecule has 1 aromatic heterocycles. The maximum absolute atomic E-state index is 12.6. The number of carboxylic acid groups (broad SMARTS) is 1. The summed E-state index contributed by atoms with van der Waals surface area (Å²) in [5, 5.41) is 23.3. The van der Waals surface area contributed by atoms with Crippen LogP contribution in [0, 0.1) is 0 Å². The van der Waals surface area contributed by atoms with Crippen molar-refractivity contribution < 1.29 is 19.8 Å². The van der Waals surface area contributed by atoms with Crippen LogP contribution in [0.15, 0.2) is 28.2 Å². The highest BCUT2D eigenvalue weighted by Gasteiger charge is 2.46. The lowest BCUT2D eigenvalue weighted by Crippen LogP contribution is -2.44. The van der Waals surface area contributed by atoms with Crippen molar-refractivity contribution in [3.8, 4) is 0 Å². The van der Waals surface area contributed by atoms with Crippen molar-refractivity contribution in [2.24, 2.45) is 0 Å². The molecule has 7 heteroatoms. The first kappa shape index (κ1) is 17.9. The van der Waals surface area contributed by atoms with Gasteiger partial charge >= 0.3 is 5.97 Å². The molecule has 1 aromatic rings. The van der Waals surface area contributed by atoms with Gasteiger partial charge in [-0.05, 0) is 35.7 Å². The van der Waals surface area contributed by atoms with Crippen molar-refractivity contribution in [3.63, 3.8) is 0 Å². The number of nitrogens with zero attached hydrogens (tertiary/aromatic N) is 1. The maximum Gasteiger partial charge on any atom is 0.326 e. The highest BCUT2D eigenvalue weighted by molar-refractivity contribution is 7.81. The van der Waals surface area contributed by atoms with E-state index >= 15 is 0 Å². The Hall–Kier alpha value is -1.47. The quantitative estimate of drug-likeness (QED) is 0.655. The van der Waals surface area contributed by atoms with Gasteiger partial charge in [-0.3, -0.25) is 4.79 Å². The number of aliphatic hydroxyl groups is 1. The second-order valence-corrected chi connectivity index (χ2v) is 7.20. The monoisotopic (exact) mass is 355 g/mol. The molecule has 2 rings (SSSR count). The van der Waals surface area contributed by atoms with Crippen LogP contribution in [0.4, 0.5) is 0 Å². The van der Waals surface area contributed by atoms with Crippen molar-refractivity contribution in [1.29, 1.82) is 0 Å². The third kappa shape index (κ3) is 3.40. The number of aliphatic carboxylic acids is 1. The van der Waals surface area contributed by atoms with Crippen LogP contribution in [0.25, 0.3) is 0 Å². The minimum absolute atomic E-state index is 0.352. The first-order valence-electron chi connectivity index (χ1n) is 7.58. The van der Waals surface area contributed by atoms with E-state index in [0.717, 1.165) is 12.0 Å². The molecule has 3 unspecified atom stereocenters. The van der Waals surface area contributed by atoms with E-state index in [1.165, 1.54) is 16.2 Å². The van der Waals surface area contributed by atoms with Crippen LogP contribution in [0.5, 0.6) is 0 Å². The third-order valence-corrected chi connectivity index (χ3v) is 5.02. The molecule has 2 N–H and O–H groups in total. The zero-order valence-electron chi connectivity index (χ0n) is 13.1. The fourth-order valence-corrected chi connectivity index (χ4v) is 3.88. The van der Waals surface area contributed by atoms with Crippen LogP contribution in [-0.2, 0) is 9.59 Å². The van der Waals surface area contributed by atoms with Gasteiger partial charge in [0, 0.05) is 10.8 Å². The Labute approximate surface area is 145 Å². The number of amides is 1. The molecule has 5 nitrogen and oxygen atoms in total. The van der Waals surface area contributed by atoms with E-state index in [2.05, 4.69) is 12.6 Å². The van der Waals surface area contributed by atoms with Crippen LogP contribution in [0.1, 0.15) is 44.7 Å². The van der Waals surface area contributed by atoms with Gasteiger partial charge in [0.2, 0.25) is 0 Å². The first-order valence-corrected chi connectivity index (χ1v) is 9.04. The van der Waals surface area contributed by atoms with Crippen molar-refractivity contribution in [1.82, 2.24) is 4.90 Å². The molecule has 0 aromatic carbocycles. The number of rotatable bonds is 7. The number of carboxylic acids is 1. The summed E-state index contributed by atoms with van der Waals surface area (Å²) in [6, 6.07) is 0.321. The molecule has 0 bridgehead atoms.